The SMILES string of the molecule is OCC=CC(F)(OC(F)(F)F)C(F)(F)F. The Morgan fingerprint density at radius 2 is 1.47 bits per heavy atom. The highest BCUT2D eigenvalue weighted by Gasteiger charge is 2.61. The Hall–Kier alpha value is -0.830. The van der Waals surface area contributed by atoms with Gasteiger partial charge >= 0.3 is 18.4 Å². The van der Waals surface area contributed by atoms with Gasteiger partial charge in [-0.2, -0.15) is 17.6 Å². The average molecular weight is 242 g/mol. The molecule has 0 rings (SSSR count). The van der Waals surface area contributed by atoms with Gasteiger partial charge in [-0.1, -0.05) is 6.08 Å². The van der Waals surface area contributed by atoms with Gasteiger partial charge in [-0.25, -0.2) is 4.74 Å². The molecule has 0 aliphatic heterocycles. The molecular weight excluding hydrogens is 237 g/mol. The molecule has 0 saturated heterocycles. The van der Waals surface area contributed by atoms with Gasteiger partial charge < -0.3 is 5.11 Å². The third-order valence-electron chi connectivity index (χ3n) is 1.09. The molecule has 0 aliphatic carbocycles. The van der Waals surface area contributed by atoms with E-state index >= 15 is 0 Å². The van der Waals surface area contributed by atoms with Crippen LogP contribution >= 0.6 is 0 Å². The summed E-state index contributed by atoms with van der Waals surface area (Å²) in [5, 5.41) is 8.04. The monoisotopic (exact) mass is 242 g/mol. The van der Waals surface area contributed by atoms with Crippen LogP contribution in [0.3, 0.4) is 0 Å². The van der Waals surface area contributed by atoms with Gasteiger partial charge in [0.15, 0.2) is 0 Å². The summed E-state index contributed by atoms with van der Waals surface area (Å²) in [5.74, 6) is -4.99. The van der Waals surface area contributed by atoms with Crippen molar-refractivity contribution in [2.75, 3.05) is 6.61 Å². The number of hydrogen-bond donors (Lipinski definition) is 1. The quantitative estimate of drug-likeness (QED) is 0.607. The zero-order valence-electron chi connectivity index (χ0n) is 6.86. The van der Waals surface area contributed by atoms with E-state index in [1.54, 1.807) is 0 Å². The topological polar surface area (TPSA) is 29.5 Å². The fourth-order valence-corrected chi connectivity index (χ4v) is 0.559. The highest BCUT2D eigenvalue weighted by atomic mass is 19.4. The van der Waals surface area contributed by atoms with Crippen molar-refractivity contribution in [2.45, 2.75) is 18.4 Å². The lowest BCUT2D eigenvalue weighted by atomic mass is 10.2. The van der Waals surface area contributed by atoms with Crippen molar-refractivity contribution >= 4 is 0 Å². The van der Waals surface area contributed by atoms with Crippen molar-refractivity contribution in [3.05, 3.63) is 12.2 Å². The van der Waals surface area contributed by atoms with Gasteiger partial charge in [0, 0.05) is 0 Å². The minimum Gasteiger partial charge on any atom is -0.392 e. The Bertz CT molecular complexity index is 231. The molecule has 1 atom stereocenters. The lowest BCUT2D eigenvalue weighted by Gasteiger charge is -2.25. The maximum Gasteiger partial charge on any atom is 0.525 e. The number of rotatable bonds is 3. The van der Waals surface area contributed by atoms with Crippen LogP contribution in [0, 0.1) is 0 Å². The van der Waals surface area contributed by atoms with Crippen LogP contribution in [-0.2, 0) is 4.74 Å². The van der Waals surface area contributed by atoms with Gasteiger partial charge in [-0.3, -0.25) is 0 Å². The normalized spacial score (nSPS) is 18.1. The molecular formula is C6H5F7O2. The zero-order valence-corrected chi connectivity index (χ0v) is 6.86. The van der Waals surface area contributed by atoms with E-state index in [1.807, 2.05) is 0 Å². The minimum absolute atomic E-state index is 0.152. The molecule has 2 nitrogen and oxygen atoms in total. The lowest BCUT2D eigenvalue weighted by Crippen LogP contribution is -2.45. The van der Waals surface area contributed by atoms with E-state index in [0.29, 0.717) is 0 Å². The second-order valence-corrected chi connectivity index (χ2v) is 2.28. The lowest BCUT2D eigenvalue weighted by molar-refractivity contribution is -0.432. The van der Waals surface area contributed by atoms with Gasteiger partial charge in [0.05, 0.1) is 6.61 Å². The highest BCUT2D eigenvalue weighted by Crippen LogP contribution is 2.40. The molecule has 0 aromatic carbocycles. The second-order valence-electron chi connectivity index (χ2n) is 2.28. The zero-order chi connectivity index (χ0) is 12.3. The number of halogens is 7. The van der Waals surface area contributed by atoms with Gasteiger partial charge in [0.25, 0.3) is 0 Å². The first-order valence-electron chi connectivity index (χ1n) is 3.33. The van der Waals surface area contributed by atoms with Gasteiger partial charge in [-0.15, -0.1) is 13.2 Å². The van der Waals surface area contributed by atoms with E-state index in [4.69, 9.17) is 5.11 Å². The van der Waals surface area contributed by atoms with Crippen molar-refractivity contribution in [2.24, 2.45) is 0 Å². The smallest absolute Gasteiger partial charge is 0.392 e. The Labute approximate surface area is 78.9 Å². The fourth-order valence-electron chi connectivity index (χ4n) is 0.559. The molecule has 0 aromatic heterocycles. The number of aliphatic hydroxyl groups excluding tert-OH is 1. The molecule has 0 amide bonds. The summed E-state index contributed by atoms with van der Waals surface area (Å²) in [6.45, 7) is -1.05. The molecule has 1 N–H and O–H groups in total. The van der Waals surface area contributed by atoms with E-state index in [1.165, 1.54) is 0 Å². The number of aliphatic hydroxyl groups is 1. The van der Waals surface area contributed by atoms with Gasteiger partial charge in [0.1, 0.15) is 0 Å². The van der Waals surface area contributed by atoms with Crippen LogP contribution in [0.25, 0.3) is 0 Å². The molecule has 90 valence electrons. The van der Waals surface area contributed by atoms with Crippen LogP contribution < -0.4 is 0 Å². The number of hydrogen-bond acceptors (Lipinski definition) is 2. The Morgan fingerprint density at radius 1 is 1.00 bits per heavy atom. The summed E-state index contributed by atoms with van der Waals surface area (Å²) in [6.07, 6.45) is -12.1. The first-order chi connectivity index (χ1) is 6.52. The molecule has 15 heavy (non-hydrogen) atoms. The molecule has 0 fully saturated rings. The predicted octanol–water partition coefficient (Wildman–Crippen LogP) is 2.30. The van der Waals surface area contributed by atoms with E-state index in [0.717, 1.165) is 0 Å². The van der Waals surface area contributed by atoms with Crippen molar-refractivity contribution in [1.29, 1.82) is 0 Å². The first kappa shape index (κ1) is 14.2. The van der Waals surface area contributed by atoms with Crippen LogP contribution in [0.5, 0.6) is 0 Å². The van der Waals surface area contributed by atoms with Gasteiger partial charge in [-0.05, 0) is 6.08 Å². The van der Waals surface area contributed by atoms with Crippen LogP contribution in [-0.4, -0.2) is 30.1 Å². The Kier molecular flexibility index (Phi) is 4.11. The number of ether oxygens (including phenoxy) is 1. The van der Waals surface area contributed by atoms with Gasteiger partial charge in [0.2, 0.25) is 0 Å². The average Bonchev–Trinajstić information content (AvgIpc) is 1.95. The summed E-state index contributed by atoms with van der Waals surface area (Å²) >= 11 is 0. The third kappa shape index (κ3) is 4.47. The van der Waals surface area contributed by atoms with Crippen molar-refractivity contribution in [3.8, 4) is 0 Å². The fraction of sp³-hybridized carbons (Fsp3) is 0.667. The second kappa shape index (κ2) is 4.35. The van der Waals surface area contributed by atoms with E-state index < -0.39 is 31.1 Å². The van der Waals surface area contributed by atoms with Crippen molar-refractivity contribution in [3.63, 3.8) is 0 Å². The molecule has 0 spiro atoms. The summed E-state index contributed by atoms with van der Waals surface area (Å²) < 4.78 is 84.8. The molecule has 0 heterocycles. The molecule has 9 heteroatoms. The first-order valence-corrected chi connectivity index (χ1v) is 3.33. The van der Waals surface area contributed by atoms with E-state index in [9.17, 15) is 30.7 Å². The minimum atomic E-state index is -5.89. The summed E-state index contributed by atoms with van der Waals surface area (Å²) in [7, 11) is 0. The molecule has 0 aliphatic rings. The molecule has 0 saturated carbocycles. The van der Waals surface area contributed by atoms with Crippen LogP contribution in [0.2, 0.25) is 0 Å². The van der Waals surface area contributed by atoms with Crippen LogP contribution in [0.15, 0.2) is 12.2 Å². The standard InChI is InChI=1S/C6H5F7O2/c7-4(2-1-3-14,5(8,9)10)15-6(11,12)13/h1-2,14H,3H2. The maximum atomic E-state index is 12.7. The summed E-state index contributed by atoms with van der Waals surface area (Å²) in [6, 6.07) is 0. The Morgan fingerprint density at radius 3 is 1.73 bits per heavy atom. The van der Waals surface area contributed by atoms with Crippen molar-refractivity contribution in [1.82, 2.24) is 0 Å². The van der Waals surface area contributed by atoms with Crippen molar-refractivity contribution < 1.29 is 40.6 Å². The summed E-state index contributed by atoms with van der Waals surface area (Å²) in [4.78, 5) is 0. The summed E-state index contributed by atoms with van der Waals surface area (Å²) in [5.41, 5.74) is 0. The van der Waals surface area contributed by atoms with E-state index in [2.05, 4.69) is 4.74 Å². The van der Waals surface area contributed by atoms with E-state index in [-0.39, 0.29) is 6.08 Å². The largest absolute Gasteiger partial charge is 0.525 e. The third-order valence-corrected chi connectivity index (χ3v) is 1.09. The van der Waals surface area contributed by atoms with Crippen LogP contribution in [0.4, 0.5) is 30.7 Å². The van der Waals surface area contributed by atoms with Crippen LogP contribution in [0.1, 0.15) is 0 Å². The maximum absolute atomic E-state index is 12.7. The molecule has 1 unspecified atom stereocenters. The molecule has 0 aromatic rings. The number of alkyl halides is 7. The Balaban J connectivity index is 4.96. The predicted molar refractivity (Wildman–Crippen MR) is 33.3 cm³/mol. The molecule has 0 bridgehead atoms. The molecule has 0 radical (unpaired) electrons. The highest BCUT2D eigenvalue weighted by molar-refractivity contribution is 5.00.